The minimum absolute atomic E-state index is 0.148. The summed E-state index contributed by atoms with van der Waals surface area (Å²) in [6.07, 6.45) is 7.92. The maximum absolute atomic E-state index is 13.1. The largest absolute Gasteiger partial charge is 0.372 e. The molecule has 33 heavy (non-hydrogen) atoms. The van der Waals surface area contributed by atoms with Crippen LogP contribution in [-0.2, 0) is 19.5 Å². The third kappa shape index (κ3) is 4.48. The summed E-state index contributed by atoms with van der Waals surface area (Å²) in [5, 5.41) is 3.58. The van der Waals surface area contributed by atoms with Crippen LogP contribution in [0.3, 0.4) is 0 Å². The van der Waals surface area contributed by atoms with Gasteiger partial charge in [-0.2, -0.15) is 0 Å². The van der Waals surface area contributed by atoms with E-state index in [4.69, 9.17) is 0 Å². The highest BCUT2D eigenvalue weighted by atomic mass is 16.2. The fourth-order valence-corrected chi connectivity index (χ4v) is 5.10. The number of amides is 1. The molecule has 0 bridgehead atoms. The second kappa shape index (κ2) is 9.16. The topological polar surface area (TPSA) is 38.8 Å². The lowest BCUT2D eigenvalue weighted by molar-refractivity contribution is 0.0766. The Hall–Kier alpha value is -2.89. The molecule has 0 aromatic heterocycles. The molecule has 172 valence electrons. The van der Waals surface area contributed by atoms with Crippen LogP contribution in [0, 0.1) is 6.92 Å². The van der Waals surface area contributed by atoms with E-state index in [-0.39, 0.29) is 12.1 Å². The van der Waals surface area contributed by atoms with Gasteiger partial charge in [-0.25, -0.2) is 0 Å². The molecule has 3 aliphatic heterocycles. The van der Waals surface area contributed by atoms with Gasteiger partial charge in [-0.3, -0.25) is 9.69 Å². The molecule has 0 saturated carbocycles. The molecule has 0 aliphatic carbocycles. The van der Waals surface area contributed by atoms with Gasteiger partial charge < -0.3 is 15.1 Å². The Kier molecular flexibility index (Phi) is 6.09. The second-order valence-corrected chi connectivity index (χ2v) is 9.57. The van der Waals surface area contributed by atoms with Gasteiger partial charge in [0.1, 0.15) is 0 Å². The van der Waals surface area contributed by atoms with Gasteiger partial charge in [-0.05, 0) is 65.9 Å². The van der Waals surface area contributed by atoms with Crippen LogP contribution in [-0.4, -0.2) is 60.0 Å². The molecular formula is C28H34N4O. The number of benzene rings is 2. The SMILES string of the molecule is CCc1ccc(CN2Cc3cc(C4=CNC(N5CCN(C)CC5)C=C4)cc(C)c3C2=O)cc1. The van der Waals surface area contributed by atoms with E-state index in [9.17, 15) is 4.79 Å². The zero-order chi connectivity index (χ0) is 22.9. The average Bonchev–Trinajstić information content (AvgIpc) is 3.15. The minimum Gasteiger partial charge on any atom is -0.372 e. The summed E-state index contributed by atoms with van der Waals surface area (Å²) < 4.78 is 0. The number of carbonyl (C=O) groups is 1. The van der Waals surface area contributed by atoms with Crippen LogP contribution >= 0.6 is 0 Å². The molecule has 1 fully saturated rings. The first-order chi connectivity index (χ1) is 16.0. The van der Waals surface area contributed by atoms with E-state index in [1.54, 1.807) is 0 Å². The van der Waals surface area contributed by atoms with Crippen LogP contribution in [0.5, 0.6) is 0 Å². The first-order valence-corrected chi connectivity index (χ1v) is 12.1. The lowest BCUT2D eigenvalue weighted by Crippen LogP contribution is -2.52. The summed E-state index contributed by atoms with van der Waals surface area (Å²) in [6, 6.07) is 13.0. The fraction of sp³-hybridized carbons (Fsp3) is 0.393. The van der Waals surface area contributed by atoms with Crippen LogP contribution in [0.4, 0.5) is 0 Å². The zero-order valence-corrected chi connectivity index (χ0v) is 20.0. The lowest BCUT2D eigenvalue weighted by Gasteiger charge is -2.37. The molecule has 3 heterocycles. The van der Waals surface area contributed by atoms with Crippen molar-refractivity contribution in [3.8, 4) is 0 Å². The van der Waals surface area contributed by atoms with E-state index >= 15 is 0 Å². The quantitative estimate of drug-likeness (QED) is 0.765. The van der Waals surface area contributed by atoms with E-state index in [1.807, 2.05) is 4.90 Å². The number of piperazine rings is 1. The molecule has 5 nitrogen and oxygen atoms in total. The van der Waals surface area contributed by atoms with Crippen molar-refractivity contribution in [1.29, 1.82) is 0 Å². The van der Waals surface area contributed by atoms with E-state index in [2.05, 4.69) is 90.8 Å². The van der Waals surface area contributed by atoms with Crippen LogP contribution in [0.1, 0.15) is 45.1 Å². The Bertz CT molecular complexity index is 1090. The number of fused-ring (bicyclic) bond motifs is 1. The van der Waals surface area contributed by atoms with Gasteiger partial charge in [0.15, 0.2) is 0 Å². The number of nitrogens with one attached hydrogen (secondary N) is 1. The van der Waals surface area contributed by atoms with Gasteiger partial charge in [-0.15, -0.1) is 0 Å². The average molecular weight is 443 g/mol. The third-order valence-corrected chi connectivity index (χ3v) is 7.22. The Morgan fingerprint density at radius 2 is 1.76 bits per heavy atom. The van der Waals surface area contributed by atoms with E-state index in [1.165, 1.54) is 22.3 Å². The van der Waals surface area contributed by atoms with Gasteiger partial charge >= 0.3 is 0 Å². The molecular weight excluding hydrogens is 408 g/mol. The van der Waals surface area contributed by atoms with Crippen molar-refractivity contribution >= 4 is 11.5 Å². The molecule has 5 heteroatoms. The number of allylic oxidation sites excluding steroid dienone is 2. The Morgan fingerprint density at radius 1 is 1.03 bits per heavy atom. The smallest absolute Gasteiger partial charge is 0.255 e. The van der Waals surface area contributed by atoms with Crippen molar-refractivity contribution in [1.82, 2.24) is 20.0 Å². The summed E-state index contributed by atoms with van der Waals surface area (Å²) >= 11 is 0. The Balaban J connectivity index is 1.29. The molecule has 1 amide bonds. The first-order valence-electron chi connectivity index (χ1n) is 12.1. The number of rotatable bonds is 5. The normalized spacial score (nSPS) is 21.2. The van der Waals surface area contributed by atoms with Gasteiger partial charge in [0, 0.05) is 51.0 Å². The number of aryl methyl sites for hydroxylation is 2. The highest BCUT2D eigenvalue weighted by Gasteiger charge is 2.30. The standard InChI is InChI=1S/C28H34N4O/c1-4-21-5-7-22(8-6-21)18-32-19-25-16-24(15-20(2)27(25)28(32)33)23-9-10-26(29-17-23)31-13-11-30(3)12-14-31/h5-10,15-17,26,29H,4,11-14,18-19H2,1-3H3. The van der Waals surface area contributed by atoms with Gasteiger partial charge in [-0.1, -0.05) is 43.3 Å². The van der Waals surface area contributed by atoms with Crippen LogP contribution < -0.4 is 5.32 Å². The molecule has 2 aromatic carbocycles. The number of dihydropyridines is 1. The lowest BCUT2D eigenvalue weighted by atomic mass is 9.95. The first kappa shape index (κ1) is 21.9. The van der Waals surface area contributed by atoms with Crippen molar-refractivity contribution in [2.75, 3.05) is 33.2 Å². The van der Waals surface area contributed by atoms with E-state index in [0.717, 1.165) is 49.3 Å². The molecule has 1 N–H and O–H groups in total. The fourth-order valence-electron chi connectivity index (χ4n) is 5.10. The highest BCUT2D eigenvalue weighted by Crippen LogP contribution is 2.31. The van der Waals surface area contributed by atoms with Crippen LogP contribution in [0.25, 0.3) is 5.57 Å². The summed E-state index contributed by atoms with van der Waals surface area (Å²) in [6.45, 7) is 9.94. The summed E-state index contributed by atoms with van der Waals surface area (Å²) in [7, 11) is 2.18. The number of nitrogens with zero attached hydrogens (tertiary/aromatic N) is 3. The van der Waals surface area contributed by atoms with Crippen molar-refractivity contribution in [3.05, 3.63) is 88.1 Å². The zero-order valence-electron chi connectivity index (χ0n) is 20.0. The van der Waals surface area contributed by atoms with E-state index in [0.29, 0.717) is 13.1 Å². The molecule has 1 atom stereocenters. The summed E-state index contributed by atoms with van der Waals surface area (Å²) in [5.41, 5.74) is 7.94. The van der Waals surface area contributed by atoms with E-state index < -0.39 is 0 Å². The van der Waals surface area contributed by atoms with Crippen LogP contribution in [0.15, 0.2) is 54.8 Å². The van der Waals surface area contributed by atoms with Crippen molar-refractivity contribution < 1.29 is 4.79 Å². The minimum atomic E-state index is 0.148. The second-order valence-electron chi connectivity index (χ2n) is 9.57. The highest BCUT2D eigenvalue weighted by molar-refractivity contribution is 6.00. The van der Waals surface area contributed by atoms with Crippen molar-refractivity contribution in [3.63, 3.8) is 0 Å². The van der Waals surface area contributed by atoms with Gasteiger partial charge in [0.25, 0.3) is 5.91 Å². The van der Waals surface area contributed by atoms with Gasteiger partial charge in [0.05, 0.1) is 6.17 Å². The molecule has 3 aliphatic rings. The van der Waals surface area contributed by atoms with Crippen molar-refractivity contribution in [2.24, 2.45) is 0 Å². The number of hydrogen-bond acceptors (Lipinski definition) is 4. The number of carbonyl (C=O) groups excluding carboxylic acids is 1. The third-order valence-electron chi connectivity index (χ3n) is 7.22. The molecule has 0 radical (unpaired) electrons. The monoisotopic (exact) mass is 442 g/mol. The van der Waals surface area contributed by atoms with Crippen LogP contribution in [0.2, 0.25) is 0 Å². The Labute approximate surface area is 197 Å². The van der Waals surface area contributed by atoms with Gasteiger partial charge in [0.2, 0.25) is 0 Å². The summed E-state index contributed by atoms with van der Waals surface area (Å²) in [5.74, 6) is 0.148. The predicted molar refractivity (Wildman–Crippen MR) is 134 cm³/mol. The predicted octanol–water partition coefficient (Wildman–Crippen LogP) is 3.79. The molecule has 1 saturated heterocycles. The number of hydrogen-bond donors (Lipinski definition) is 1. The maximum Gasteiger partial charge on any atom is 0.255 e. The molecule has 2 aromatic rings. The Morgan fingerprint density at radius 3 is 2.42 bits per heavy atom. The van der Waals surface area contributed by atoms with Crippen molar-refractivity contribution in [2.45, 2.75) is 39.5 Å². The molecule has 0 spiro atoms. The molecule has 5 rings (SSSR count). The maximum atomic E-state index is 13.1. The number of likely N-dealkylation sites (N-methyl/N-ethyl adjacent to an activating group) is 1. The molecule has 1 unspecified atom stereocenters. The summed E-state index contributed by atoms with van der Waals surface area (Å²) in [4.78, 5) is 20.0.